The number of amides is 2. The third-order valence-electron chi connectivity index (χ3n) is 3.25. The van der Waals surface area contributed by atoms with Gasteiger partial charge in [0.05, 0.1) is 4.90 Å². The Morgan fingerprint density at radius 2 is 1.77 bits per heavy atom. The number of nitrogens with zero attached hydrogens (tertiary/aromatic N) is 1. The van der Waals surface area contributed by atoms with Crippen molar-refractivity contribution < 1.29 is 27.5 Å². The summed E-state index contributed by atoms with van der Waals surface area (Å²) in [5, 5.41) is 2.06. The number of rotatable bonds is 7. The molecule has 0 radical (unpaired) electrons. The monoisotopic (exact) mass is 379 g/mol. The van der Waals surface area contributed by atoms with Gasteiger partial charge in [-0.1, -0.05) is 18.2 Å². The number of aryl methyl sites for hydroxylation is 1. The molecule has 9 nitrogen and oxygen atoms in total. The quantitative estimate of drug-likeness (QED) is 0.643. The molecule has 0 atom stereocenters. The number of sulfonamides is 1. The van der Waals surface area contributed by atoms with Crippen LogP contribution in [0.5, 0.6) is 0 Å². The molecule has 0 spiro atoms. The van der Waals surface area contributed by atoms with Gasteiger partial charge in [0.25, 0.3) is 11.8 Å². The van der Waals surface area contributed by atoms with Crippen LogP contribution in [0, 0.1) is 0 Å². The Kier molecular flexibility index (Phi) is 6.26. The second kappa shape index (κ2) is 8.41. The molecule has 138 valence electrons. The Morgan fingerprint density at radius 3 is 2.38 bits per heavy atom. The van der Waals surface area contributed by atoms with Crippen molar-refractivity contribution in [3.63, 3.8) is 0 Å². The van der Waals surface area contributed by atoms with Gasteiger partial charge in [-0.15, -0.1) is 0 Å². The standard InChI is InChI=1S/C16H17N3O6S/c1-19-9-5-8-13(19)16(22)18-14(20)11-25-15(21)10-17-26(23,24)12-6-3-2-4-7-12/h2-9,17H,10-11H2,1H3,(H,18,20,22). The molecule has 26 heavy (non-hydrogen) atoms. The molecule has 0 fully saturated rings. The number of nitrogens with one attached hydrogen (secondary N) is 2. The van der Waals surface area contributed by atoms with Crippen molar-refractivity contribution in [3.05, 3.63) is 54.4 Å². The fourth-order valence-electron chi connectivity index (χ4n) is 1.96. The van der Waals surface area contributed by atoms with Crippen LogP contribution in [0.3, 0.4) is 0 Å². The van der Waals surface area contributed by atoms with Crippen molar-refractivity contribution in [2.75, 3.05) is 13.2 Å². The van der Waals surface area contributed by atoms with Gasteiger partial charge >= 0.3 is 5.97 Å². The Morgan fingerprint density at radius 1 is 1.08 bits per heavy atom. The highest BCUT2D eigenvalue weighted by atomic mass is 32.2. The van der Waals surface area contributed by atoms with Crippen LogP contribution < -0.4 is 10.0 Å². The number of hydrogen-bond acceptors (Lipinski definition) is 6. The minimum atomic E-state index is -3.86. The smallest absolute Gasteiger partial charge is 0.321 e. The van der Waals surface area contributed by atoms with Gasteiger partial charge in [0, 0.05) is 13.2 Å². The van der Waals surface area contributed by atoms with E-state index < -0.39 is 41.0 Å². The van der Waals surface area contributed by atoms with E-state index in [4.69, 9.17) is 0 Å². The van der Waals surface area contributed by atoms with Crippen LogP contribution in [0.2, 0.25) is 0 Å². The lowest BCUT2D eigenvalue weighted by atomic mass is 10.4. The summed E-state index contributed by atoms with van der Waals surface area (Å²) in [6.45, 7) is -1.35. The molecule has 0 bridgehead atoms. The maximum Gasteiger partial charge on any atom is 0.321 e. The van der Waals surface area contributed by atoms with E-state index in [-0.39, 0.29) is 10.6 Å². The highest BCUT2D eigenvalue weighted by molar-refractivity contribution is 7.89. The van der Waals surface area contributed by atoms with E-state index in [9.17, 15) is 22.8 Å². The van der Waals surface area contributed by atoms with Gasteiger partial charge in [-0.05, 0) is 24.3 Å². The lowest BCUT2D eigenvalue weighted by Crippen LogP contribution is -2.37. The largest absolute Gasteiger partial charge is 0.455 e. The van der Waals surface area contributed by atoms with Gasteiger partial charge in [-0.3, -0.25) is 19.7 Å². The van der Waals surface area contributed by atoms with Crippen LogP contribution in [0.4, 0.5) is 0 Å². The van der Waals surface area contributed by atoms with Crippen LogP contribution in [0.25, 0.3) is 0 Å². The van der Waals surface area contributed by atoms with Gasteiger partial charge < -0.3 is 9.30 Å². The molecule has 2 amide bonds. The lowest BCUT2D eigenvalue weighted by Gasteiger charge is -2.08. The van der Waals surface area contributed by atoms with E-state index >= 15 is 0 Å². The Hall–Kier alpha value is -2.98. The highest BCUT2D eigenvalue weighted by Gasteiger charge is 2.17. The van der Waals surface area contributed by atoms with Crippen LogP contribution >= 0.6 is 0 Å². The van der Waals surface area contributed by atoms with Crippen LogP contribution in [-0.2, 0) is 31.4 Å². The van der Waals surface area contributed by atoms with Gasteiger partial charge in [0.15, 0.2) is 6.61 Å². The maximum atomic E-state index is 11.9. The fraction of sp³-hybridized carbons (Fsp3) is 0.188. The second-order valence-electron chi connectivity index (χ2n) is 5.18. The first-order chi connectivity index (χ1) is 12.3. The maximum absolute atomic E-state index is 11.9. The molecular weight excluding hydrogens is 362 g/mol. The van der Waals surface area contributed by atoms with Crippen molar-refractivity contribution in [3.8, 4) is 0 Å². The first kappa shape index (κ1) is 19.3. The first-order valence-corrected chi connectivity index (χ1v) is 8.94. The zero-order valence-corrected chi connectivity index (χ0v) is 14.7. The zero-order chi connectivity index (χ0) is 19.2. The van der Waals surface area contributed by atoms with Crippen molar-refractivity contribution >= 4 is 27.8 Å². The summed E-state index contributed by atoms with van der Waals surface area (Å²) in [4.78, 5) is 35.0. The minimum Gasteiger partial charge on any atom is -0.455 e. The number of imide groups is 1. The summed E-state index contributed by atoms with van der Waals surface area (Å²) in [5.74, 6) is -2.41. The van der Waals surface area contributed by atoms with E-state index in [1.165, 1.54) is 22.8 Å². The minimum absolute atomic E-state index is 0.00120. The van der Waals surface area contributed by atoms with E-state index in [0.29, 0.717) is 0 Å². The SMILES string of the molecule is Cn1cccc1C(=O)NC(=O)COC(=O)CNS(=O)(=O)c1ccccc1. The molecule has 0 aliphatic heterocycles. The molecule has 2 aromatic rings. The van der Waals surface area contributed by atoms with Crippen molar-refractivity contribution in [2.45, 2.75) is 4.90 Å². The van der Waals surface area contributed by atoms with Crippen molar-refractivity contribution in [2.24, 2.45) is 7.05 Å². The van der Waals surface area contributed by atoms with E-state index in [1.807, 2.05) is 0 Å². The number of hydrogen-bond donors (Lipinski definition) is 2. The fourth-order valence-corrected chi connectivity index (χ4v) is 2.95. The topological polar surface area (TPSA) is 124 Å². The Bertz CT molecular complexity index is 905. The van der Waals surface area contributed by atoms with Crippen LogP contribution in [-0.4, -0.2) is 43.9 Å². The number of esters is 1. The molecule has 0 unspecified atom stereocenters. The van der Waals surface area contributed by atoms with E-state index in [1.54, 1.807) is 37.5 Å². The molecule has 1 heterocycles. The third kappa shape index (κ3) is 5.26. The molecule has 0 aliphatic rings. The molecule has 2 N–H and O–H groups in total. The van der Waals surface area contributed by atoms with E-state index in [0.717, 1.165) is 0 Å². The van der Waals surface area contributed by atoms with Crippen molar-refractivity contribution in [1.29, 1.82) is 0 Å². The summed E-state index contributed by atoms with van der Waals surface area (Å²) < 4.78 is 32.1. The molecule has 2 rings (SSSR count). The summed E-state index contributed by atoms with van der Waals surface area (Å²) >= 11 is 0. The van der Waals surface area contributed by atoms with Gasteiger partial charge in [-0.25, -0.2) is 8.42 Å². The van der Waals surface area contributed by atoms with Crippen LogP contribution in [0.15, 0.2) is 53.6 Å². The van der Waals surface area contributed by atoms with Crippen LogP contribution in [0.1, 0.15) is 10.5 Å². The second-order valence-corrected chi connectivity index (χ2v) is 6.95. The lowest BCUT2D eigenvalue weighted by molar-refractivity contribution is -0.147. The molecular formula is C16H17N3O6S. The average molecular weight is 379 g/mol. The normalized spacial score (nSPS) is 11.0. The molecule has 0 saturated heterocycles. The predicted molar refractivity (Wildman–Crippen MR) is 90.5 cm³/mol. The molecule has 0 saturated carbocycles. The first-order valence-electron chi connectivity index (χ1n) is 7.45. The zero-order valence-electron chi connectivity index (χ0n) is 13.8. The Balaban J connectivity index is 1.77. The number of ether oxygens (including phenoxy) is 1. The molecule has 1 aromatic heterocycles. The average Bonchev–Trinajstić information content (AvgIpc) is 3.05. The van der Waals surface area contributed by atoms with E-state index in [2.05, 4.69) is 14.8 Å². The number of carbonyl (C=O) groups excluding carboxylic acids is 3. The van der Waals surface area contributed by atoms with Gasteiger partial charge in [-0.2, -0.15) is 4.72 Å². The van der Waals surface area contributed by atoms with Gasteiger partial charge in [0.2, 0.25) is 10.0 Å². The third-order valence-corrected chi connectivity index (χ3v) is 4.67. The molecule has 10 heteroatoms. The number of carbonyl (C=O) groups is 3. The van der Waals surface area contributed by atoms with Gasteiger partial charge in [0.1, 0.15) is 12.2 Å². The predicted octanol–water partition coefficient (Wildman–Crippen LogP) is -0.197. The summed E-state index contributed by atoms with van der Waals surface area (Å²) in [6.07, 6.45) is 1.64. The molecule has 0 aliphatic carbocycles. The number of aromatic nitrogens is 1. The molecule has 1 aromatic carbocycles. The highest BCUT2D eigenvalue weighted by Crippen LogP contribution is 2.06. The van der Waals surface area contributed by atoms with Crippen molar-refractivity contribution in [1.82, 2.24) is 14.6 Å². The summed E-state index contributed by atoms with van der Waals surface area (Å²) in [7, 11) is -2.22. The summed E-state index contributed by atoms with van der Waals surface area (Å²) in [5.41, 5.74) is 0.264. The Labute approximate surface area is 150 Å². The summed E-state index contributed by atoms with van der Waals surface area (Å²) in [6, 6.07) is 10.6. The number of benzene rings is 1.